The number of nitrogens with one attached hydrogen (secondary N) is 1. The molecule has 2 nitrogen and oxygen atoms in total. The molecule has 1 amide bonds. The third-order valence-corrected chi connectivity index (χ3v) is 4.75. The van der Waals surface area contributed by atoms with E-state index in [-0.39, 0.29) is 11.4 Å². The SMILES string of the molecule is CCC(C)(C)NC(=O)c1sc2ccccc2c1Cl. The molecule has 0 atom stereocenters. The molecule has 18 heavy (non-hydrogen) atoms. The Labute approximate surface area is 116 Å². The van der Waals surface area contributed by atoms with Crippen molar-refractivity contribution in [2.75, 3.05) is 0 Å². The maximum atomic E-state index is 12.2. The average Bonchev–Trinajstić information content (AvgIpc) is 2.67. The lowest BCUT2D eigenvalue weighted by Gasteiger charge is -2.24. The van der Waals surface area contributed by atoms with E-state index in [2.05, 4.69) is 5.32 Å². The first kappa shape index (κ1) is 13.4. The van der Waals surface area contributed by atoms with Gasteiger partial charge < -0.3 is 5.32 Å². The summed E-state index contributed by atoms with van der Waals surface area (Å²) in [5.41, 5.74) is -0.212. The fourth-order valence-corrected chi connectivity index (χ4v) is 3.02. The van der Waals surface area contributed by atoms with Gasteiger partial charge in [0.2, 0.25) is 0 Å². The van der Waals surface area contributed by atoms with Gasteiger partial charge in [0.25, 0.3) is 5.91 Å². The lowest BCUT2D eigenvalue weighted by atomic mass is 10.0. The van der Waals surface area contributed by atoms with E-state index in [0.717, 1.165) is 16.5 Å². The number of rotatable bonds is 3. The third-order valence-electron chi connectivity index (χ3n) is 3.08. The van der Waals surface area contributed by atoms with Gasteiger partial charge in [-0.1, -0.05) is 36.7 Å². The van der Waals surface area contributed by atoms with Crippen LogP contribution in [0.15, 0.2) is 24.3 Å². The van der Waals surface area contributed by atoms with Crippen molar-refractivity contribution in [2.24, 2.45) is 0 Å². The highest BCUT2D eigenvalue weighted by molar-refractivity contribution is 7.21. The van der Waals surface area contributed by atoms with Gasteiger partial charge in [0.1, 0.15) is 4.88 Å². The van der Waals surface area contributed by atoms with Crippen molar-refractivity contribution in [1.29, 1.82) is 0 Å². The Morgan fingerprint density at radius 1 is 1.39 bits per heavy atom. The molecule has 0 aliphatic heterocycles. The second kappa shape index (κ2) is 4.90. The van der Waals surface area contributed by atoms with Crippen molar-refractivity contribution in [3.63, 3.8) is 0 Å². The zero-order chi connectivity index (χ0) is 13.3. The van der Waals surface area contributed by atoms with Crippen LogP contribution in [0.2, 0.25) is 5.02 Å². The van der Waals surface area contributed by atoms with Crippen molar-refractivity contribution in [3.05, 3.63) is 34.2 Å². The average molecular weight is 282 g/mol. The molecule has 1 aromatic carbocycles. The number of carbonyl (C=O) groups is 1. The number of halogens is 1. The molecule has 0 bridgehead atoms. The zero-order valence-electron chi connectivity index (χ0n) is 10.7. The number of fused-ring (bicyclic) bond motifs is 1. The topological polar surface area (TPSA) is 29.1 Å². The molecular weight excluding hydrogens is 266 g/mol. The van der Waals surface area contributed by atoms with Crippen LogP contribution in [0, 0.1) is 0 Å². The molecule has 96 valence electrons. The van der Waals surface area contributed by atoms with Crippen LogP contribution in [0.25, 0.3) is 10.1 Å². The predicted molar refractivity (Wildman–Crippen MR) is 78.7 cm³/mol. The molecular formula is C14H16ClNOS. The largest absolute Gasteiger partial charge is 0.346 e. The van der Waals surface area contributed by atoms with Gasteiger partial charge in [0.15, 0.2) is 0 Å². The molecule has 0 saturated carbocycles. The molecule has 1 aromatic heterocycles. The normalized spacial score (nSPS) is 11.8. The van der Waals surface area contributed by atoms with Crippen LogP contribution in [0.4, 0.5) is 0 Å². The fourth-order valence-electron chi connectivity index (χ4n) is 1.61. The van der Waals surface area contributed by atoms with E-state index < -0.39 is 0 Å². The second-order valence-electron chi connectivity index (χ2n) is 4.93. The number of hydrogen-bond donors (Lipinski definition) is 1. The number of hydrogen-bond acceptors (Lipinski definition) is 2. The monoisotopic (exact) mass is 281 g/mol. The minimum Gasteiger partial charge on any atom is -0.346 e. The van der Waals surface area contributed by atoms with E-state index in [1.165, 1.54) is 11.3 Å². The standard InChI is InChI=1S/C14H16ClNOS/c1-4-14(2,3)16-13(17)12-11(15)9-7-5-6-8-10(9)18-12/h5-8H,4H2,1-3H3,(H,16,17). The van der Waals surface area contributed by atoms with Crippen LogP contribution in [-0.2, 0) is 0 Å². The molecule has 4 heteroatoms. The molecule has 2 aromatic rings. The third kappa shape index (κ3) is 2.52. The summed E-state index contributed by atoms with van der Waals surface area (Å²) in [4.78, 5) is 12.8. The Morgan fingerprint density at radius 3 is 2.67 bits per heavy atom. The number of carbonyl (C=O) groups excluding carboxylic acids is 1. The molecule has 1 N–H and O–H groups in total. The van der Waals surface area contributed by atoms with Gasteiger partial charge in [-0.25, -0.2) is 0 Å². The highest BCUT2D eigenvalue weighted by Crippen LogP contribution is 2.35. The first-order chi connectivity index (χ1) is 8.44. The summed E-state index contributed by atoms with van der Waals surface area (Å²) in [7, 11) is 0. The molecule has 0 saturated heterocycles. The Hall–Kier alpha value is -1.06. The number of benzene rings is 1. The molecule has 2 rings (SSSR count). The van der Waals surface area contributed by atoms with Gasteiger partial charge in [-0.3, -0.25) is 4.79 Å². The zero-order valence-corrected chi connectivity index (χ0v) is 12.3. The number of amides is 1. The highest BCUT2D eigenvalue weighted by atomic mass is 35.5. The van der Waals surface area contributed by atoms with E-state index in [4.69, 9.17) is 11.6 Å². The van der Waals surface area contributed by atoms with Gasteiger partial charge in [0, 0.05) is 15.6 Å². The Bertz CT molecular complexity index is 588. The summed E-state index contributed by atoms with van der Waals surface area (Å²) in [6, 6.07) is 7.80. The maximum Gasteiger partial charge on any atom is 0.263 e. The molecule has 0 fully saturated rings. The van der Waals surface area contributed by atoms with Gasteiger partial charge >= 0.3 is 0 Å². The Kier molecular flexibility index (Phi) is 3.64. The maximum absolute atomic E-state index is 12.2. The molecule has 0 aliphatic rings. The molecule has 0 unspecified atom stereocenters. The Balaban J connectivity index is 2.37. The lowest BCUT2D eigenvalue weighted by molar-refractivity contribution is 0.0915. The van der Waals surface area contributed by atoms with Crippen molar-refractivity contribution < 1.29 is 4.79 Å². The van der Waals surface area contributed by atoms with Crippen LogP contribution in [0.3, 0.4) is 0 Å². The van der Waals surface area contributed by atoms with Crippen LogP contribution >= 0.6 is 22.9 Å². The second-order valence-corrected chi connectivity index (χ2v) is 6.36. The minimum absolute atomic E-state index is 0.0898. The molecule has 1 heterocycles. The summed E-state index contributed by atoms with van der Waals surface area (Å²) in [5, 5.41) is 4.51. The first-order valence-electron chi connectivity index (χ1n) is 5.94. The van der Waals surface area contributed by atoms with Gasteiger partial charge in [-0.05, 0) is 26.3 Å². The smallest absolute Gasteiger partial charge is 0.263 e. The summed E-state index contributed by atoms with van der Waals surface area (Å²) < 4.78 is 1.04. The van der Waals surface area contributed by atoms with Gasteiger partial charge in [-0.15, -0.1) is 11.3 Å². The first-order valence-corrected chi connectivity index (χ1v) is 7.13. The van der Waals surface area contributed by atoms with E-state index in [1.54, 1.807) is 0 Å². The van der Waals surface area contributed by atoms with Crippen LogP contribution in [-0.4, -0.2) is 11.4 Å². The fraction of sp³-hybridized carbons (Fsp3) is 0.357. The van der Waals surface area contributed by atoms with Crippen molar-refractivity contribution >= 4 is 38.9 Å². The van der Waals surface area contributed by atoms with Gasteiger partial charge in [0.05, 0.1) is 5.02 Å². The van der Waals surface area contributed by atoms with Gasteiger partial charge in [-0.2, -0.15) is 0 Å². The summed E-state index contributed by atoms with van der Waals surface area (Å²) in [6.07, 6.45) is 0.876. The van der Waals surface area contributed by atoms with Crippen molar-refractivity contribution in [1.82, 2.24) is 5.32 Å². The van der Waals surface area contributed by atoms with Crippen LogP contribution < -0.4 is 5.32 Å². The molecule has 0 spiro atoms. The molecule has 0 aliphatic carbocycles. The molecule has 0 radical (unpaired) electrons. The summed E-state index contributed by atoms with van der Waals surface area (Å²) in [5.74, 6) is -0.0898. The van der Waals surface area contributed by atoms with E-state index in [1.807, 2.05) is 45.0 Å². The van der Waals surface area contributed by atoms with Crippen LogP contribution in [0.1, 0.15) is 36.9 Å². The predicted octanol–water partition coefficient (Wildman–Crippen LogP) is 4.47. The van der Waals surface area contributed by atoms with Crippen molar-refractivity contribution in [3.8, 4) is 0 Å². The summed E-state index contributed by atoms with van der Waals surface area (Å²) >= 11 is 7.71. The van der Waals surface area contributed by atoms with Crippen LogP contribution in [0.5, 0.6) is 0 Å². The van der Waals surface area contributed by atoms with Crippen molar-refractivity contribution in [2.45, 2.75) is 32.7 Å². The van der Waals surface area contributed by atoms with E-state index >= 15 is 0 Å². The minimum atomic E-state index is -0.212. The van der Waals surface area contributed by atoms with E-state index in [9.17, 15) is 4.79 Å². The summed E-state index contributed by atoms with van der Waals surface area (Å²) in [6.45, 7) is 6.06. The lowest BCUT2D eigenvalue weighted by Crippen LogP contribution is -2.42. The quantitative estimate of drug-likeness (QED) is 0.883. The van der Waals surface area contributed by atoms with E-state index in [0.29, 0.717) is 9.90 Å². The number of thiophene rings is 1. The Morgan fingerprint density at radius 2 is 2.06 bits per heavy atom. The highest BCUT2D eigenvalue weighted by Gasteiger charge is 2.22.